The van der Waals surface area contributed by atoms with Crippen molar-refractivity contribution in [2.24, 2.45) is 5.92 Å². The van der Waals surface area contributed by atoms with E-state index in [0.717, 1.165) is 5.69 Å². The molecule has 0 saturated heterocycles. The summed E-state index contributed by atoms with van der Waals surface area (Å²) in [6, 6.07) is 9.28. The number of nitriles is 1. The molecule has 1 aromatic rings. The molecule has 2 atom stereocenters. The fraction of sp³-hybridized carbons (Fsp3) is 0.417. The number of benzene rings is 1. The molecule has 2 unspecified atom stereocenters. The smallest absolute Gasteiger partial charge is 0.119 e. The maximum absolute atomic E-state index is 9.06. The van der Waals surface area contributed by atoms with Gasteiger partial charge in [-0.25, -0.2) is 0 Å². The Kier molecular flexibility index (Phi) is 5.10. The van der Waals surface area contributed by atoms with Crippen LogP contribution in [0.25, 0.3) is 0 Å². The second kappa shape index (κ2) is 6.37. The molecular weight excluding hydrogens is 224 g/mol. The summed E-state index contributed by atoms with van der Waals surface area (Å²) in [7, 11) is 1.63. The van der Waals surface area contributed by atoms with Gasteiger partial charge in [0, 0.05) is 13.0 Å². The fourth-order valence-corrected chi connectivity index (χ4v) is 1.60. The molecule has 0 spiro atoms. The molecule has 86 valence electrons. The van der Waals surface area contributed by atoms with Crippen molar-refractivity contribution in [2.75, 3.05) is 19.0 Å². The van der Waals surface area contributed by atoms with Gasteiger partial charge in [-0.15, -0.1) is 0 Å². The van der Waals surface area contributed by atoms with Gasteiger partial charge in [0.2, 0.25) is 0 Å². The summed E-state index contributed by atoms with van der Waals surface area (Å²) in [6.45, 7) is 2.50. The molecular formula is C12H15ClN2O. The predicted molar refractivity (Wildman–Crippen MR) is 65.5 cm³/mol. The van der Waals surface area contributed by atoms with Crippen LogP contribution in [0.5, 0.6) is 0 Å². The number of ether oxygens (including phenoxy) is 1. The number of methoxy groups -OCH3 is 1. The Morgan fingerprint density at radius 3 is 2.75 bits per heavy atom. The van der Waals surface area contributed by atoms with E-state index in [1.165, 1.54) is 0 Å². The lowest BCUT2D eigenvalue weighted by Gasteiger charge is -2.19. The second-order valence-corrected chi connectivity index (χ2v) is 4.07. The minimum Gasteiger partial charge on any atom is -0.384 e. The summed E-state index contributed by atoms with van der Waals surface area (Å²) in [5.41, 5.74) is 0.777. The van der Waals surface area contributed by atoms with Gasteiger partial charge >= 0.3 is 0 Å². The van der Waals surface area contributed by atoms with E-state index in [9.17, 15) is 0 Å². The highest BCUT2D eigenvalue weighted by Gasteiger charge is 2.17. The SMILES string of the molecule is COCC(C)C(C#N)Nc1ccccc1Cl. The average Bonchev–Trinajstić information content (AvgIpc) is 2.28. The zero-order valence-electron chi connectivity index (χ0n) is 9.40. The van der Waals surface area contributed by atoms with E-state index in [1.807, 2.05) is 25.1 Å². The van der Waals surface area contributed by atoms with Gasteiger partial charge < -0.3 is 10.1 Å². The maximum atomic E-state index is 9.06. The molecule has 3 nitrogen and oxygen atoms in total. The standard InChI is InChI=1S/C12H15ClN2O/c1-9(8-16-2)12(7-14)15-11-6-4-3-5-10(11)13/h3-6,9,12,15H,8H2,1-2H3. The molecule has 0 aromatic heterocycles. The molecule has 0 aliphatic carbocycles. The van der Waals surface area contributed by atoms with E-state index in [0.29, 0.717) is 11.6 Å². The number of rotatable bonds is 5. The van der Waals surface area contributed by atoms with E-state index >= 15 is 0 Å². The molecule has 0 radical (unpaired) electrons. The van der Waals surface area contributed by atoms with Crippen LogP contribution < -0.4 is 5.32 Å². The van der Waals surface area contributed by atoms with Crippen LogP contribution in [0, 0.1) is 17.2 Å². The van der Waals surface area contributed by atoms with Gasteiger partial charge in [-0.3, -0.25) is 0 Å². The van der Waals surface area contributed by atoms with Crippen LogP contribution in [0.15, 0.2) is 24.3 Å². The van der Waals surface area contributed by atoms with Gasteiger partial charge in [0.05, 0.1) is 23.4 Å². The van der Waals surface area contributed by atoms with E-state index in [2.05, 4.69) is 11.4 Å². The van der Waals surface area contributed by atoms with Gasteiger partial charge in [-0.2, -0.15) is 5.26 Å². The topological polar surface area (TPSA) is 45.0 Å². The minimum atomic E-state index is -0.306. The van der Waals surface area contributed by atoms with E-state index in [1.54, 1.807) is 13.2 Å². The third-order valence-electron chi connectivity index (χ3n) is 2.32. The Hall–Kier alpha value is -1.24. The van der Waals surface area contributed by atoms with Gasteiger partial charge in [0.15, 0.2) is 0 Å². The first-order chi connectivity index (χ1) is 7.69. The molecule has 0 heterocycles. The molecule has 0 fully saturated rings. The van der Waals surface area contributed by atoms with Crippen molar-refractivity contribution in [3.63, 3.8) is 0 Å². The Bertz CT molecular complexity index is 376. The number of nitrogens with one attached hydrogen (secondary N) is 1. The first-order valence-electron chi connectivity index (χ1n) is 5.08. The fourth-order valence-electron chi connectivity index (χ4n) is 1.41. The quantitative estimate of drug-likeness (QED) is 0.858. The van der Waals surface area contributed by atoms with Crippen molar-refractivity contribution in [1.29, 1.82) is 5.26 Å². The van der Waals surface area contributed by atoms with Crippen LogP contribution in [0.1, 0.15) is 6.92 Å². The van der Waals surface area contributed by atoms with Gasteiger partial charge in [0.25, 0.3) is 0 Å². The van der Waals surface area contributed by atoms with Crippen molar-refractivity contribution < 1.29 is 4.74 Å². The van der Waals surface area contributed by atoms with E-state index in [-0.39, 0.29) is 12.0 Å². The summed E-state index contributed by atoms with van der Waals surface area (Å²) < 4.78 is 5.03. The number of halogens is 1. The summed E-state index contributed by atoms with van der Waals surface area (Å²) in [6.07, 6.45) is 0. The molecule has 1 rings (SSSR count). The lowest BCUT2D eigenvalue weighted by atomic mass is 10.0. The second-order valence-electron chi connectivity index (χ2n) is 3.66. The van der Waals surface area contributed by atoms with Crippen molar-refractivity contribution in [3.05, 3.63) is 29.3 Å². The molecule has 0 bridgehead atoms. The van der Waals surface area contributed by atoms with Crippen molar-refractivity contribution >= 4 is 17.3 Å². The van der Waals surface area contributed by atoms with Crippen LogP contribution in [-0.2, 0) is 4.74 Å². The molecule has 1 aromatic carbocycles. The number of para-hydroxylation sites is 1. The largest absolute Gasteiger partial charge is 0.384 e. The highest BCUT2D eigenvalue weighted by molar-refractivity contribution is 6.33. The van der Waals surface area contributed by atoms with Crippen molar-refractivity contribution in [3.8, 4) is 6.07 Å². The summed E-state index contributed by atoms with van der Waals surface area (Å²) in [4.78, 5) is 0. The third kappa shape index (κ3) is 3.41. The highest BCUT2D eigenvalue weighted by Crippen LogP contribution is 2.22. The highest BCUT2D eigenvalue weighted by atomic mass is 35.5. The molecule has 0 aliphatic rings. The summed E-state index contributed by atoms with van der Waals surface area (Å²) in [5, 5.41) is 12.8. The van der Waals surface area contributed by atoms with Crippen LogP contribution in [0.4, 0.5) is 5.69 Å². The van der Waals surface area contributed by atoms with Crippen LogP contribution in [-0.4, -0.2) is 19.8 Å². The molecule has 1 N–H and O–H groups in total. The zero-order chi connectivity index (χ0) is 12.0. The summed E-state index contributed by atoms with van der Waals surface area (Å²) in [5.74, 6) is 0.103. The van der Waals surface area contributed by atoms with Crippen LogP contribution in [0.2, 0.25) is 5.02 Å². The van der Waals surface area contributed by atoms with Crippen LogP contribution >= 0.6 is 11.6 Å². The normalized spacial score (nSPS) is 13.9. The minimum absolute atomic E-state index is 0.103. The first-order valence-corrected chi connectivity index (χ1v) is 5.46. The Morgan fingerprint density at radius 1 is 1.50 bits per heavy atom. The third-order valence-corrected chi connectivity index (χ3v) is 2.65. The number of nitrogens with zero attached hydrogens (tertiary/aromatic N) is 1. The molecule has 4 heteroatoms. The average molecular weight is 239 g/mol. The Morgan fingerprint density at radius 2 is 2.19 bits per heavy atom. The Labute approximate surface area is 101 Å². The lowest BCUT2D eigenvalue weighted by molar-refractivity contribution is 0.157. The zero-order valence-corrected chi connectivity index (χ0v) is 10.2. The maximum Gasteiger partial charge on any atom is 0.119 e. The lowest BCUT2D eigenvalue weighted by Crippen LogP contribution is -2.28. The van der Waals surface area contributed by atoms with Crippen molar-refractivity contribution in [2.45, 2.75) is 13.0 Å². The molecule has 0 aliphatic heterocycles. The monoisotopic (exact) mass is 238 g/mol. The van der Waals surface area contributed by atoms with Gasteiger partial charge in [0.1, 0.15) is 6.04 Å². The molecule has 0 saturated carbocycles. The van der Waals surface area contributed by atoms with E-state index in [4.69, 9.17) is 21.6 Å². The number of hydrogen-bond donors (Lipinski definition) is 1. The predicted octanol–water partition coefficient (Wildman–Crippen LogP) is 2.93. The molecule has 0 amide bonds. The first kappa shape index (κ1) is 12.8. The molecule has 16 heavy (non-hydrogen) atoms. The van der Waals surface area contributed by atoms with Gasteiger partial charge in [-0.05, 0) is 12.1 Å². The number of anilines is 1. The number of hydrogen-bond acceptors (Lipinski definition) is 3. The Balaban J connectivity index is 2.71. The van der Waals surface area contributed by atoms with Gasteiger partial charge in [-0.1, -0.05) is 30.7 Å². The van der Waals surface area contributed by atoms with E-state index < -0.39 is 0 Å². The van der Waals surface area contributed by atoms with Crippen LogP contribution in [0.3, 0.4) is 0 Å². The van der Waals surface area contributed by atoms with Crippen molar-refractivity contribution in [1.82, 2.24) is 0 Å². The summed E-state index contributed by atoms with van der Waals surface area (Å²) >= 11 is 6.00.